The summed E-state index contributed by atoms with van der Waals surface area (Å²) in [7, 11) is 1.72. The predicted octanol–water partition coefficient (Wildman–Crippen LogP) is 0.387. The number of nitrogens with zero attached hydrogens (tertiary/aromatic N) is 5. The number of nitrogens with one attached hydrogen (secondary N) is 1. The van der Waals surface area contributed by atoms with Gasteiger partial charge in [-0.2, -0.15) is 5.10 Å². The Hall–Kier alpha value is -3.04. The Labute approximate surface area is 166 Å². The minimum Gasteiger partial charge on any atom is -0.346 e. The lowest BCUT2D eigenvalue weighted by Crippen LogP contribution is -2.42. The van der Waals surface area contributed by atoms with Crippen LogP contribution in [0.15, 0.2) is 23.3 Å². The number of hydrogen-bond acceptors (Lipinski definition) is 5. The minimum absolute atomic E-state index is 0.0723. The van der Waals surface area contributed by atoms with E-state index in [-0.39, 0.29) is 49.2 Å². The molecule has 0 bridgehead atoms. The topological polar surface area (TPSA) is 102 Å². The number of rotatable bonds is 4. The molecule has 4 rings (SSSR count). The molecule has 9 nitrogen and oxygen atoms in total. The van der Waals surface area contributed by atoms with Crippen molar-refractivity contribution in [3.8, 4) is 0 Å². The van der Waals surface area contributed by atoms with Gasteiger partial charge in [0.05, 0.1) is 30.5 Å². The van der Waals surface area contributed by atoms with Crippen molar-refractivity contribution in [2.45, 2.75) is 45.1 Å². The molecule has 0 unspecified atom stereocenters. The second-order valence-corrected chi connectivity index (χ2v) is 7.62. The van der Waals surface area contributed by atoms with Crippen molar-refractivity contribution in [1.29, 1.82) is 0 Å². The molecule has 10 heteroatoms. The van der Waals surface area contributed by atoms with Gasteiger partial charge in [-0.25, -0.2) is 9.37 Å². The molecule has 3 heterocycles. The monoisotopic (exact) mass is 402 g/mol. The molecule has 1 saturated carbocycles. The number of carbonyl (C=O) groups excluding carboxylic acids is 2. The van der Waals surface area contributed by atoms with Gasteiger partial charge in [0.2, 0.25) is 5.91 Å². The Morgan fingerprint density at radius 2 is 2.10 bits per heavy atom. The number of aryl methyl sites for hydroxylation is 1. The maximum absolute atomic E-state index is 13.1. The lowest BCUT2D eigenvalue weighted by molar-refractivity contribution is -0.141. The fraction of sp³-hybridized carbons (Fsp3) is 0.526. The van der Waals surface area contributed by atoms with Crippen LogP contribution >= 0.6 is 0 Å². The number of carbonyl (C=O) groups is 2. The molecular formula is C19H23FN6O3. The molecule has 2 aliphatic rings. The van der Waals surface area contributed by atoms with E-state index in [4.69, 9.17) is 0 Å². The molecule has 1 aliphatic heterocycles. The lowest BCUT2D eigenvalue weighted by Gasteiger charge is -2.33. The van der Waals surface area contributed by atoms with E-state index < -0.39 is 6.17 Å². The number of hydrogen-bond donors (Lipinski definition) is 1. The summed E-state index contributed by atoms with van der Waals surface area (Å²) in [5, 5.41) is 6.68. The predicted molar refractivity (Wildman–Crippen MR) is 101 cm³/mol. The van der Waals surface area contributed by atoms with E-state index in [0.717, 1.165) is 0 Å². The summed E-state index contributed by atoms with van der Waals surface area (Å²) in [6.07, 6.45) is 3.36. The van der Waals surface area contributed by atoms with Gasteiger partial charge >= 0.3 is 0 Å². The van der Waals surface area contributed by atoms with E-state index in [1.54, 1.807) is 22.7 Å². The van der Waals surface area contributed by atoms with Crippen molar-refractivity contribution < 1.29 is 14.0 Å². The summed E-state index contributed by atoms with van der Waals surface area (Å²) in [6, 6.07) is 1.41. The van der Waals surface area contributed by atoms with E-state index in [2.05, 4.69) is 15.4 Å². The Balaban J connectivity index is 1.47. The molecule has 2 amide bonds. The molecule has 0 atom stereocenters. The molecule has 0 aromatic carbocycles. The fourth-order valence-electron chi connectivity index (χ4n) is 3.73. The fourth-order valence-corrected chi connectivity index (χ4v) is 3.73. The Morgan fingerprint density at radius 1 is 1.31 bits per heavy atom. The van der Waals surface area contributed by atoms with Crippen molar-refractivity contribution >= 4 is 11.8 Å². The van der Waals surface area contributed by atoms with Gasteiger partial charge in [-0.3, -0.25) is 23.6 Å². The Morgan fingerprint density at radius 3 is 2.79 bits per heavy atom. The van der Waals surface area contributed by atoms with Crippen LogP contribution in [0.25, 0.3) is 0 Å². The molecule has 154 valence electrons. The van der Waals surface area contributed by atoms with Gasteiger partial charge < -0.3 is 10.2 Å². The van der Waals surface area contributed by atoms with Crippen molar-refractivity contribution in [3.05, 3.63) is 45.9 Å². The van der Waals surface area contributed by atoms with Gasteiger partial charge in [0.1, 0.15) is 12.0 Å². The van der Waals surface area contributed by atoms with E-state index in [1.165, 1.54) is 16.9 Å². The third-order valence-corrected chi connectivity index (χ3v) is 5.42. The van der Waals surface area contributed by atoms with Crippen LogP contribution in [0.5, 0.6) is 0 Å². The number of amides is 2. The van der Waals surface area contributed by atoms with Crippen molar-refractivity contribution in [2.24, 2.45) is 13.0 Å². The quantitative estimate of drug-likeness (QED) is 0.797. The average molecular weight is 402 g/mol. The number of aromatic nitrogens is 4. The molecule has 1 aliphatic carbocycles. The Bertz CT molecular complexity index is 994. The zero-order valence-corrected chi connectivity index (χ0v) is 16.2. The zero-order valence-electron chi connectivity index (χ0n) is 16.2. The molecule has 1 N–H and O–H groups in total. The maximum Gasteiger partial charge on any atom is 0.254 e. The first kappa shape index (κ1) is 19.3. The Kier molecular flexibility index (Phi) is 5.16. The van der Waals surface area contributed by atoms with Crippen LogP contribution < -0.4 is 10.9 Å². The molecule has 0 radical (unpaired) electrons. The summed E-state index contributed by atoms with van der Waals surface area (Å²) in [6.45, 7) is 1.30. The third kappa shape index (κ3) is 4.06. The molecule has 0 saturated heterocycles. The van der Waals surface area contributed by atoms with Gasteiger partial charge in [0, 0.05) is 38.3 Å². The maximum atomic E-state index is 13.1. The zero-order chi connectivity index (χ0) is 20.5. The van der Waals surface area contributed by atoms with E-state index >= 15 is 0 Å². The second kappa shape index (κ2) is 7.76. The number of fused-ring (bicyclic) bond motifs is 1. The minimum atomic E-state index is -0.890. The second-order valence-electron chi connectivity index (χ2n) is 7.62. The highest BCUT2D eigenvalue weighted by Gasteiger charge is 2.37. The van der Waals surface area contributed by atoms with Crippen LogP contribution in [0.2, 0.25) is 0 Å². The van der Waals surface area contributed by atoms with Crippen LogP contribution in [0.4, 0.5) is 4.39 Å². The number of alkyl halides is 1. The van der Waals surface area contributed by atoms with Gasteiger partial charge in [0.25, 0.3) is 11.5 Å². The van der Waals surface area contributed by atoms with E-state index in [1.807, 2.05) is 0 Å². The van der Waals surface area contributed by atoms with Crippen molar-refractivity contribution in [1.82, 2.24) is 29.5 Å². The normalized spacial score (nSPS) is 21.1. The first-order valence-electron chi connectivity index (χ1n) is 9.70. The van der Waals surface area contributed by atoms with Gasteiger partial charge in [0.15, 0.2) is 0 Å². The van der Waals surface area contributed by atoms with Crippen LogP contribution in [-0.4, -0.2) is 48.8 Å². The SMILES string of the molecule is Cn1cc(C(=O)NCc2cc(=O)n3c(n2)CN(C(=O)C2CC(F)C2)CCC3)cn1. The van der Waals surface area contributed by atoms with Crippen LogP contribution in [0, 0.1) is 5.92 Å². The highest BCUT2D eigenvalue weighted by atomic mass is 19.1. The van der Waals surface area contributed by atoms with E-state index in [0.29, 0.717) is 36.6 Å². The van der Waals surface area contributed by atoms with Crippen LogP contribution in [0.3, 0.4) is 0 Å². The summed E-state index contributed by atoms with van der Waals surface area (Å²) < 4.78 is 16.2. The highest BCUT2D eigenvalue weighted by Crippen LogP contribution is 2.32. The van der Waals surface area contributed by atoms with Gasteiger partial charge in [-0.05, 0) is 19.3 Å². The highest BCUT2D eigenvalue weighted by molar-refractivity contribution is 5.93. The molecule has 2 aromatic rings. The van der Waals surface area contributed by atoms with Crippen LogP contribution in [0.1, 0.15) is 41.1 Å². The molecular weight excluding hydrogens is 379 g/mol. The smallest absolute Gasteiger partial charge is 0.254 e. The number of halogens is 1. The molecule has 29 heavy (non-hydrogen) atoms. The first-order chi connectivity index (χ1) is 13.9. The third-order valence-electron chi connectivity index (χ3n) is 5.42. The summed E-state index contributed by atoms with van der Waals surface area (Å²) in [5.74, 6) is -0.162. The van der Waals surface area contributed by atoms with Gasteiger partial charge in [-0.15, -0.1) is 0 Å². The molecule has 0 spiro atoms. The summed E-state index contributed by atoms with van der Waals surface area (Å²) >= 11 is 0. The largest absolute Gasteiger partial charge is 0.346 e. The van der Waals surface area contributed by atoms with Crippen molar-refractivity contribution in [2.75, 3.05) is 6.54 Å². The standard InChI is InChI=1S/C19H23FN6O3/c1-24-10-13(8-22-24)18(28)21-9-15-7-17(27)26-4-2-3-25(11-16(26)23-15)19(29)12-5-14(20)6-12/h7-8,10,12,14H,2-6,9,11H2,1H3,(H,21,28). The average Bonchev–Trinajstić information content (AvgIpc) is 2.98. The first-order valence-corrected chi connectivity index (χ1v) is 9.70. The summed E-state index contributed by atoms with van der Waals surface area (Å²) in [5.41, 5.74) is 0.644. The summed E-state index contributed by atoms with van der Waals surface area (Å²) in [4.78, 5) is 43.5. The molecule has 2 aromatic heterocycles. The molecule has 1 fully saturated rings. The van der Waals surface area contributed by atoms with Crippen LogP contribution in [-0.2, 0) is 31.5 Å². The van der Waals surface area contributed by atoms with Gasteiger partial charge in [-0.1, -0.05) is 0 Å². The lowest BCUT2D eigenvalue weighted by atomic mass is 9.82. The van der Waals surface area contributed by atoms with E-state index in [9.17, 15) is 18.8 Å². The van der Waals surface area contributed by atoms with Crippen molar-refractivity contribution in [3.63, 3.8) is 0 Å².